The van der Waals surface area contributed by atoms with Crippen molar-refractivity contribution in [3.63, 3.8) is 0 Å². The Labute approximate surface area is 191 Å². The van der Waals surface area contributed by atoms with Gasteiger partial charge in [-0.05, 0) is 81.9 Å². The first-order chi connectivity index (χ1) is 14.4. The number of aliphatic imine (C=N–C) groups is 1. The van der Waals surface area contributed by atoms with Crippen molar-refractivity contribution in [2.75, 3.05) is 0 Å². The van der Waals surface area contributed by atoms with Crippen molar-refractivity contribution >= 4 is 37.9 Å². The summed E-state index contributed by atoms with van der Waals surface area (Å²) in [5.74, 6) is 0.426. The van der Waals surface area contributed by atoms with Gasteiger partial charge in [0.25, 0.3) is 6.02 Å². The van der Waals surface area contributed by atoms with Crippen LogP contribution in [0.25, 0.3) is 0 Å². The Morgan fingerprint density at radius 1 is 1.26 bits per heavy atom. The molecule has 1 aliphatic heterocycles. The first-order valence-electron chi connectivity index (χ1n) is 10.8. The van der Waals surface area contributed by atoms with E-state index in [1.54, 1.807) is 13.8 Å². The minimum absolute atomic E-state index is 0.0601. The Bertz CT molecular complexity index is 1070. The monoisotopic (exact) mass is 509 g/mol. The highest BCUT2D eigenvalue weighted by molar-refractivity contribution is 9.10. The summed E-state index contributed by atoms with van der Waals surface area (Å²) in [4.78, 5) is 17.1. The number of nitrogens with one attached hydrogen (secondary N) is 1. The number of hydrogen-bond donors (Lipinski definition) is 2. The fourth-order valence-corrected chi connectivity index (χ4v) is 8.60. The Hall–Kier alpha value is -1.61. The second-order valence-corrected chi connectivity index (χ2v) is 13.2. The quantitative estimate of drug-likeness (QED) is 0.649. The smallest absolute Gasteiger partial charge is 0.299 e. The van der Waals surface area contributed by atoms with Gasteiger partial charge in [-0.1, -0.05) is 28.1 Å². The molecule has 5 unspecified atom stereocenters. The van der Waals surface area contributed by atoms with E-state index in [0.717, 1.165) is 35.7 Å². The molecule has 9 heteroatoms. The lowest BCUT2D eigenvalue weighted by molar-refractivity contribution is -0.130. The largest absolute Gasteiger partial charge is 0.457 e. The number of amides is 1. The molecule has 4 bridgehead atoms. The zero-order valence-electron chi connectivity index (χ0n) is 17.7. The maximum atomic E-state index is 13.2. The van der Waals surface area contributed by atoms with Crippen molar-refractivity contribution in [1.82, 2.24) is 4.72 Å². The van der Waals surface area contributed by atoms with Gasteiger partial charge in [0.05, 0.1) is 11.0 Å². The van der Waals surface area contributed by atoms with Gasteiger partial charge in [0, 0.05) is 4.47 Å². The van der Waals surface area contributed by atoms with Gasteiger partial charge in [0.1, 0.15) is 10.9 Å². The number of carbonyl (C=O) groups excluding carboxylic acids is 1. The van der Waals surface area contributed by atoms with Crippen molar-refractivity contribution in [3.8, 4) is 0 Å². The van der Waals surface area contributed by atoms with E-state index in [1.165, 1.54) is 0 Å². The highest BCUT2D eigenvalue weighted by Crippen LogP contribution is 2.67. The molecule has 168 valence electrons. The standard InChI is InChI=1S/C22H28BrN3O4S/c1-20(2)17(8-13-3-5-16(23)6-4-13)31(28,29)26-19(30-20)25-22-10-14-7-15(22)11-21(9-14,12-22)18(24)27/h3-6,14-15,17H,7-12H2,1-2H3,(H2,24,27)(H,25,26). The predicted octanol–water partition coefficient (Wildman–Crippen LogP) is 2.88. The molecule has 1 saturated heterocycles. The van der Waals surface area contributed by atoms with Crippen LogP contribution in [-0.2, 0) is 26.0 Å². The van der Waals surface area contributed by atoms with E-state index in [4.69, 9.17) is 15.5 Å². The van der Waals surface area contributed by atoms with Crippen LogP contribution in [0, 0.1) is 17.3 Å². The summed E-state index contributed by atoms with van der Waals surface area (Å²) in [7, 11) is -3.71. The summed E-state index contributed by atoms with van der Waals surface area (Å²) in [6.07, 6.45) is 4.40. The van der Waals surface area contributed by atoms with E-state index in [-0.39, 0.29) is 17.8 Å². The van der Waals surface area contributed by atoms with Crippen LogP contribution < -0.4 is 10.5 Å². The molecule has 3 N–H and O–H groups in total. The van der Waals surface area contributed by atoms with E-state index >= 15 is 0 Å². The molecule has 0 radical (unpaired) electrons. The Morgan fingerprint density at radius 2 is 1.97 bits per heavy atom. The number of hydrogen-bond acceptors (Lipinski definition) is 5. The van der Waals surface area contributed by atoms with Crippen molar-refractivity contribution in [2.24, 2.45) is 28.0 Å². The molecule has 7 nitrogen and oxygen atoms in total. The van der Waals surface area contributed by atoms with Gasteiger partial charge in [0.2, 0.25) is 15.9 Å². The number of nitrogens with two attached hydrogens (primary N) is 1. The zero-order chi connectivity index (χ0) is 22.2. The van der Waals surface area contributed by atoms with Crippen molar-refractivity contribution in [1.29, 1.82) is 0 Å². The van der Waals surface area contributed by atoms with Gasteiger partial charge in [-0.3, -0.25) is 4.79 Å². The maximum Gasteiger partial charge on any atom is 0.299 e. The molecule has 1 amide bonds. The van der Waals surface area contributed by atoms with E-state index in [1.807, 2.05) is 24.3 Å². The van der Waals surface area contributed by atoms with Gasteiger partial charge in [-0.15, -0.1) is 0 Å². The molecular formula is C22H28BrN3O4S. The Kier molecular flexibility index (Phi) is 4.59. The fraction of sp³-hybridized carbons (Fsp3) is 0.636. The molecule has 5 fully saturated rings. The van der Waals surface area contributed by atoms with Gasteiger partial charge in [0.15, 0.2) is 0 Å². The number of halogens is 1. The second kappa shape index (κ2) is 6.70. The molecule has 5 aliphatic rings. The number of primary amides is 1. The Balaban J connectivity index is 1.43. The van der Waals surface area contributed by atoms with Gasteiger partial charge >= 0.3 is 0 Å². The minimum atomic E-state index is -3.71. The number of rotatable bonds is 4. The van der Waals surface area contributed by atoms with E-state index < -0.39 is 31.8 Å². The molecule has 4 saturated carbocycles. The molecular weight excluding hydrogens is 482 g/mol. The lowest BCUT2D eigenvalue weighted by Gasteiger charge is -2.41. The minimum Gasteiger partial charge on any atom is -0.457 e. The highest BCUT2D eigenvalue weighted by Gasteiger charge is 2.67. The molecule has 6 rings (SSSR count). The van der Waals surface area contributed by atoms with Gasteiger partial charge in [-0.25, -0.2) is 18.1 Å². The van der Waals surface area contributed by atoms with E-state index in [9.17, 15) is 13.2 Å². The van der Waals surface area contributed by atoms with Crippen LogP contribution in [0.15, 0.2) is 33.7 Å². The summed E-state index contributed by atoms with van der Waals surface area (Å²) >= 11 is 3.41. The average Bonchev–Trinajstić information content (AvgIpc) is 3.01. The molecule has 1 aromatic rings. The summed E-state index contributed by atoms with van der Waals surface area (Å²) < 4.78 is 36.2. The normalized spacial score (nSPS) is 40.5. The SMILES string of the molecule is CC1(C)OC(=NC23CC4CC2CC(C(N)=O)(C4)C3)NS(=O)(=O)C1Cc1ccc(Br)cc1. The molecule has 5 atom stereocenters. The van der Waals surface area contributed by atoms with Crippen molar-refractivity contribution in [2.45, 2.75) is 68.8 Å². The molecule has 1 heterocycles. The third-order valence-corrected chi connectivity index (χ3v) is 10.4. The highest BCUT2D eigenvalue weighted by atomic mass is 79.9. The number of nitrogens with zero attached hydrogens (tertiary/aromatic N) is 1. The topological polar surface area (TPSA) is 111 Å². The summed E-state index contributed by atoms with van der Waals surface area (Å²) in [6.45, 7) is 3.59. The van der Waals surface area contributed by atoms with E-state index in [0.29, 0.717) is 18.8 Å². The number of carbonyl (C=O) groups is 1. The van der Waals surface area contributed by atoms with Gasteiger partial charge in [-0.2, -0.15) is 0 Å². The lowest BCUT2D eigenvalue weighted by atomic mass is 9.68. The third-order valence-electron chi connectivity index (χ3n) is 7.90. The van der Waals surface area contributed by atoms with Crippen LogP contribution >= 0.6 is 15.9 Å². The van der Waals surface area contributed by atoms with Crippen molar-refractivity contribution < 1.29 is 17.9 Å². The zero-order valence-corrected chi connectivity index (χ0v) is 20.1. The van der Waals surface area contributed by atoms with Crippen LogP contribution in [0.2, 0.25) is 0 Å². The number of amidine groups is 1. The molecule has 1 aromatic carbocycles. The molecule has 0 aromatic heterocycles. The van der Waals surface area contributed by atoms with Crippen LogP contribution in [0.4, 0.5) is 0 Å². The summed E-state index contributed by atoms with van der Waals surface area (Å²) in [5, 5.41) is -0.758. The fourth-order valence-electron chi connectivity index (χ4n) is 6.66. The Morgan fingerprint density at radius 3 is 2.61 bits per heavy atom. The number of sulfonamides is 1. The second-order valence-electron chi connectivity index (χ2n) is 10.4. The van der Waals surface area contributed by atoms with Crippen molar-refractivity contribution in [3.05, 3.63) is 34.3 Å². The molecule has 31 heavy (non-hydrogen) atoms. The average molecular weight is 510 g/mol. The van der Waals surface area contributed by atoms with Crippen LogP contribution in [0.3, 0.4) is 0 Å². The number of benzene rings is 1. The lowest BCUT2D eigenvalue weighted by Crippen LogP contribution is -2.59. The summed E-state index contributed by atoms with van der Waals surface area (Å²) in [5.41, 5.74) is 4.78. The first kappa shape index (κ1) is 21.2. The number of ether oxygens (including phenoxy) is 1. The molecule has 0 spiro atoms. The molecule has 4 aliphatic carbocycles. The predicted molar refractivity (Wildman–Crippen MR) is 121 cm³/mol. The van der Waals surface area contributed by atoms with Crippen LogP contribution in [0.1, 0.15) is 51.5 Å². The van der Waals surface area contributed by atoms with Crippen LogP contribution in [0.5, 0.6) is 0 Å². The first-order valence-corrected chi connectivity index (χ1v) is 13.1. The van der Waals surface area contributed by atoms with Gasteiger partial charge < -0.3 is 10.5 Å². The van der Waals surface area contributed by atoms with Crippen LogP contribution in [-0.4, -0.2) is 36.7 Å². The summed E-state index contributed by atoms with van der Waals surface area (Å²) in [6, 6.07) is 7.69. The third kappa shape index (κ3) is 3.39. The van der Waals surface area contributed by atoms with E-state index in [2.05, 4.69) is 20.7 Å². The maximum absolute atomic E-state index is 13.2.